The maximum atomic E-state index is 13.0. The monoisotopic (exact) mass is 246 g/mol. The lowest BCUT2D eigenvalue weighted by Crippen LogP contribution is -2.38. The molecule has 0 aromatic heterocycles. The molecule has 16 heavy (non-hydrogen) atoms. The lowest BCUT2D eigenvalue weighted by Gasteiger charge is -2.13. The summed E-state index contributed by atoms with van der Waals surface area (Å²) in [6, 6.07) is 3.27. The molecule has 1 rings (SSSR count). The lowest BCUT2D eigenvalue weighted by molar-refractivity contribution is 0.559. The Morgan fingerprint density at radius 2 is 2.12 bits per heavy atom. The molecule has 0 heterocycles. The largest absolute Gasteiger partial charge is 0.329 e. The van der Waals surface area contributed by atoms with E-state index in [2.05, 4.69) is 4.72 Å². The van der Waals surface area contributed by atoms with Crippen molar-refractivity contribution in [2.45, 2.75) is 24.8 Å². The molecule has 0 spiro atoms. The van der Waals surface area contributed by atoms with Crippen LogP contribution in [0.4, 0.5) is 4.39 Å². The minimum Gasteiger partial charge on any atom is -0.329 e. The van der Waals surface area contributed by atoms with Gasteiger partial charge in [0.2, 0.25) is 10.0 Å². The van der Waals surface area contributed by atoms with Crippen LogP contribution in [0.3, 0.4) is 0 Å². The maximum Gasteiger partial charge on any atom is 0.241 e. The average Bonchev–Trinajstić information content (AvgIpc) is 2.20. The third-order valence-electron chi connectivity index (χ3n) is 2.15. The predicted octanol–water partition coefficient (Wildman–Crippen LogP) is 0.760. The summed E-state index contributed by atoms with van der Waals surface area (Å²) < 4.78 is 39.0. The molecule has 0 aliphatic rings. The van der Waals surface area contributed by atoms with E-state index in [4.69, 9.17) is 5.73 Å². The standard InChI is InChI=1S/C10H15FN2O2S/c1-7-3-4-9(11)5-10(7)16(14,15)13-8(2)6-12/h3-5,8,13H,6,12H2,1-2H3. The molecule has 0 aliphatic heterocycles. The van der Waals surface area contributed by atoms with Crippen molar-refractivity contribution in [3.05, 3.63) is 29.6 Å². The topological polar surface area (TPSA) is 72.2 Å². The van der Waals surface area contributed by atoms with Gasteiger partial charge in [-0.2, -0.15) is 0 Å². The molecule has 0 radical (unpaired) electrons. The molecule has 6 heteroatoms. The fourth-order valence-electron chi connectivity index (χ4n) is 1.24. The second-order valence-corrected chi connectivity index (χ2v) is 5.35. The van der Waals surface area contributed by atoms with Gasteiger partial charge in [0.1, 0.15) is 5.82 Å². The quantitative estimate of drug-likeness (QED) is 0.823. The number of nitrogens with one attached hydrogen (secondary N) is 1. The zero-order valence-electron chi connectivity index (χ0n) is 9.20. The van der Waals surface area contributed by atoms with Crippen molar-refractivity contribution in [3.63, 3.8) is 0 Å². The van der Waals surface area contributed by atoms with Crippen molar-refractivity contribution in [2.75, 3.05) is 6.54 Å². The fraction of sp³-hybridized carbons (Fsp3) is 0.400. The number of rotatable bonds is 4. The maximum absolute atomic E-state index is 13.0. The van der Waals surface area contributed by atoms with Crippen molar-refractivity contribution in [3.8, 4) is 0 Å². The fourth-order valence-corrected chi connectivity index (χ4v) is 2.75. The smallest absolute Gasteiger partial charge is 0.241 e. The van der Waals surface area contributed by atoms with Crippen LogP contribution in [0.15, 0.2) is 23.1 Å². The van der Waals surface area contributed by atoms with E-state index in [1.807, 2.05) is 0 Å². The average molecular weight is 246 g/mol. The Labute approximate surface area is 94.7 Å². The van der Waals surface area contributed by atoms with Gasteiger partial charge in [-0.3, -0.25) is 0 Å². The first-order chi connectivity index (χ1) is 7.36. The SMILES string of the molecule is Cc1ccc(F)cc1S(=O)(=O)NC(C)CN. The van der Waals surface area contributed by atoms with Crippen molar-refractivity contribution >= 4 is 10.0 Å². The molecule has 1 atom stereocenters. The van der Waals surface area contributed by atoms with Crippen molar-refractivity contribution in [1.29, 1.82) is 0 Å². The van der Waals surface area contributed by atoms with Gasteiger partial charge in [0.25, 0.3) is 0 Å². The number of aryl methyl sites for hydroxylation is 1. The van der Waals surface area contributed by atoms with Gasteiger partial charge in [0.15, 0.2) is 0 Å². The van der Waals surface area contributed by atoms with E-state index in [0.29, 0.717) is 5.56 Å². The van der Waals surface area contributed by atoms with Crippen LogP contribution in [0.25, 0.3) is 0 Å². The van der Waals surface area contributed by atoms with Crippen molar-refractivity contribution in [1.82, 2.24) is 4.72 Å². The van der Waals surface area contributed by atoms with Gasteiger partial charge >= 0.3 is 0 Å². The first-order valence-electron chi connectivity index (χ1n) is 4.85. The van der Waals surface area contributed by atoms with Gasteiger partial charge < -0.3 is 5.73 Å². The van der Waals surface area contributed by atoms with Gasteiger partial charge in [-0.1, -0.05) is 6.07 Å². The molecule has 0 saturated carbocycles. The Bertz CT molecular complexity index is 474. The highest BCUT2D eigenvalue weighted by atomic mass is 32.2. The highest BCUT2D eigenvalue weighted by molar-refractivity contribution is 7.89. The number of sulfonamides is 1. The Hall–Kier alpha value is -0.980. The van der Waals surface area contributed by atoms with Crippen LogP contribution in [0, 0.1) is 12.7 Å². The molecule has 3 N–H and O–H groups in total. The van der Waals surface area contributed by atoms with E-state index >= 15 is 0 Å². The van der Waals surface area contributed by atoms with Crippen LogP contribution in [-0.2, 0) is 10.0 Å². The molecule has 0 aliphatic carbocycles. The van der Waals surface area contributed by atoms with Crippen molar-refractivity contribution in [2.24, 2.45) is 5.73 Å². The molecule has 4 nitrogen and oxygen atoms in total. The minimum absolute atomic E-state index is 0.0483. The zero-order valence-corrected chi connectivity index (χ0v) is 10.0. The van der Waals surface area contributed by atoms with Gasteiger partial charge in [-0.15, -0.1) is 0 Å². The Balaban J connectivity index is 3.12. The molecule has 1 aromatic carbocycles. The summed E-state index contributed by atoms with van der Waals surface area (Å²) in [6.45, 7) is 3.45. The number of nitrogens with two attached hydrogens (primary N) is 1. The van der Waals surface area contributed by atoms with Crippen LogP contribution in [0.5, 0.6) is 0 Å². The Morgan fingerprint density at radius 3 is 2.69 bits per heavy atom. The van der Waals surface area contributed by atoms with E-state index < -0.39 is 15.8 Å². The molecular weight excluding hydrogens is 231 g/mol. The summed E-state index contributed by atoms with van der Waals surface area (Å²) in [5.74, 6) is -0.577. The number of halogens is 1. The molecule has 0 bridgehead atoms. The summed E-state index contributed by atoms with van der Waals surface area (Å²) in [4.78, 5) is -0.0483. The van der Waals surface area contributed by atoms with Gasteiger partial charge in [-0.05, 0) is 31.5 Å². The third-order valence-corrected chi connectivity index (χ3v) is 3.88. The lowest BCUT2D eigenvalue weighted by atomic mass is 10.2. The van der Waals surface area contributed by atoms with Crippen LogP contribution in [-0.4, -0.2) is 21.0 Å². The second-order valence-electron chi connectivity index (χ2n) is 3.67. The second kappa shape index (κ2) is 4.90. The van der Waals surface area contributed by atoms with Crippen molar-refractivity contribution < 1.29 is 12.8 Å². The third kappa shape index (κ3) is 3.01. The van der Waals surface area contributed by atoms with Crippen LogP contribution >= 0.6 is 0 Å². The predicted molar refractivity (Wildman–Crippen MR) is 60.0 cm³/mol. The van der Waals surface area contributed by atoms with E-state index in [0.717, 1.165) is 6.07 Å². The number of benzene rings is 1. The van der Waals surface area contributed by atoms with Crippen LogP contribution < -0.4 is 10.5 Å². The summed E-state index contributed by atoms with van der Waals surface area (Å²) in [6.07, 6.45) is 0. The summed E-state index contributed by atoms with van der Waals surface area (Å²) in [5.41, 5.74) is 5.82. The van der Waals surface area contributed by atoms with Gasteiger partial charge in [-0.25, -0.2) is 17.5 Å². The Morgan fingerprint density at radius 1 is 1.50 bits per heavy atom. The molecule has 0 amide bonds. The van der Waals surface area contributed by atoms with Crippen LogP contribution in [0.1, 0.15) is 12.5 Å². The highest BCUT2D eigenvalue weighted by Crippen LogP contribution is 2.16. The number of hydrogen-bond donors (Lipinski definition) is 2. The van der Waals surface area contributed by atoms with Crippen LogP contribution in [0.2, 0.25) is 0 Å². The first-order valence-corrected chi connectivity index (χ1v) is 6.33. The molecule has 0 saturated heterocycles. The van der Waals surface area contributed by atoms with Gasteiger partial charge in [0, 0.05) is 12.6 Å². The Kier molecular flexibility index (Phi) is 4.01. The van der Waals surface area contributed by atoms with E-state index in [1.165, 1.54) is 12.1 Å². The molecular formula is C10H15FN2O2S. The first kappa shape index (κ1) is 13.1. The summed E-state index contributed by atoms with van der Waals surface area (Å²) in [5, 5.41) is 0. The summed E-state index contributed by atoms with van der Waals surface area (Å²) in [7, 11) is -3.69. The summed E-state index contributed by atoms with van der Waals surface area (Å²) >= 11 is 0. The van der Waals surface area contributed by atoms with E-state index in [-0.39, 0.29) is 17.5 Å². The molecule has 1 aromatic rings. The number of hydrogen-bond acceptors (Lipinski definition) is 3. The normalized spacial score (nSPS) is 13.8. The minimum atomic E-state index is -3.69. The zero-order chi connectivity index (χ0) is 12.3. The van der Waals surface area contributed by atoms with Gasteiger partial charge in [0.05, 0.1) is 4.90 Å². The highest BCUT2D eigenvalue weighted by Gasteiger charge is 2.19. The van der Waals surface area contributed by atoms with E-state index in [9.17, 15) is 12.8 Å². The molecule has 0 fully saturated rings. The van der Waals surface area contributed by atoms with E-state index in [1.54, 1.807) is 13.8 Å². The molecule has 1 unspecified atom stereocenters. The molecule has 90 valence electrons.